The van der Waals surface area contributed by atoms with Crippen molar-refractivity contribution in [3.8, 4) is 5.75 Å². The number of methoxy groups -OCH3 is 1. The molecule has 0 heterocycles. The van der Waals surface area contributed by atoms with Crippen molar-refractivity contribution >= 4 is 0 Å². The lowest BCUT2D eigenvalue weighted by molar-refractivity contribution is 0.168. The summed E-state index contributed by atoms with van der Waals surface area (Å²) >= 11 is 0. The van der Waals surface area contributed by atoms with Gasteiger partial charge in [0.2, 0.25) is 0 Å². The molecule has 2 nitrogen and oxygen atoms in total. The largest absolute Gasteiger partial charge is 0.497 e. The van der Waals surface area contributed by atoms with E-state index >= 15 is 0 Å². The molecule has 1 rings (SSSR count). The van der Waals surface area contributed by atoms with E-state index in [9.17, 15) is 5.11 Å². The molecule has 2 heteroatoms. The molecular formula is C12H16O2. The maximum Gasteiger partial charge on any atom is 0.118 e. The molecule has 0 unspecified atom stereocenters. The summed E-state index contributed by atoms with van der Waals surface area (Å²) < 4.78 is 5.03. The fourth-order valence-electron chi connectivity index (χ4n) is 1.27. The zero-order valence-electron chi connectivity index (χ0n) is 8.44. The second-order valence-corrected chi connectivity index (χ2v) is 3.15. The fraction of sp³-hybridized carbons (Fsp3) is 0.333. The van der Waals surface area contributed by atoms with Gasteiger partial charge in [0.15, 0.2) is 0 Å². The van der Waals surface area contributed by atoms with Gasteiger partial charge in [-0.2, -0.15) is 0 Å². The monoisotopic (exact) mass is 192 g/mol. The van der Waals surface area contributed by atoms with Gasteiger partial charge in [0.25, 0.3) is 0 Å². The summed E-state index contributed by atoms with van der Waals surface area (Å²) in [6, 6.07) is 7.47. The van der Waals surface area contributed by atoms with Crippen LogP contribution in [0.3, 0.4) is 0 Å². The third kappa shape index (κ3) is 2.89. The average molecular weight is 192 g/mol. The smallest absolute Gasteiger partial charge is 0.118 e. The van der Waals surface area contributed by atoms with Crippen LogP contribution >= 0.6 is 0 Å². The van der Waals surface area contributed by atoms with E-state index in [-0.39, 0.29) is 0 Å². The van der Waals surface area contributed by atoms with Crippen LogP contribution in [0.25, 0.3) is 0 Å². The number of allylic oxidation sites excluding steroid dienone is 1. The first kappa shape index (κ1) is 10.8. The topological polar surface area (TPSA) is 29.5 Å². The second-order valence-electron chi connectivity index (χ2n) is 3.15. The van der Waals surface area contributed by atoms with E-state index < -0.39 is 6.10 Å². The molecule has 0 aliphatic carbocycles. The molecule has 0 aliphatic rings. The van der Waals surface area contributed by atoms with Crippen LogP contribution in [-0.2, 0) is 0 Å². The first-order valence-corrected chi connectivity index (χ1v) is 4.71. The SMILES string of the molecule is C=CCC[C@H](O)c1ccc(OC)cc1. The molecule has 0 fully saturated rings. The van der Waals surface area contributed by atoms with Gasteiger partial charge in [-0.25, -0.2) is 0 Å². The van der Waals surface area contributed by atoms with Crippen molar-refractivity contribution in [2.24, 2.45) is 0 Å². The van der Waals surface area contributed by atoms with Crippen molar-refractivity contribution in [1.29, 1.82) is 0 Å². The van der Waals surface area contributed by atoms with Crippen molar-refractivity contribution < 1.29 is 9.84 Å². The Hall–Kier alpha value is -1.28. The number of hydrogen-bond donors (Lipinski definition) is 1. The Balaban J connectivity index is 2.61. The zero-order chi connectivity index (χ0) is 10.4. The van der Waals surface area contributed by atoms with Gasteiger partial charge < -0.3 is 9.84 Å². The molecule has 0 radical (unpaired) electrons. The van der Waals surface area contributed by atoms with Gasteiger partial charge in [-0.3, -0.25) is 0 Å². The van der Waals surface area contributed by atoms with Crippen LogP contribution in [0, 0.1) is 0 Å². The summed E-state index contributed by atoms with van der Waals surface area (Å²) in [6.07, 6.45) is 2.95. The van der Waals surface area contributed by atoms with Crippen molar-refractivity contribution in [2.45, 2.75) is 18.9 Å². The lowest BCUT2D eigenvalue weighted by Gasteiger charge is -2.09. The van der Waals surface area contributed by atoms with Crippen LogP contribution in [0.5, 0.6) is 5.75 Å². The number of aliphatic hydroxyl groups excluding tert-OH is 1. The molecule has 0 saturated heterocycles. The number of aliphatic hydroxyl groups is 1. The summed E-state index contributed by atoms with van der Waals surface area (Å²) in [5.74, 6) is 0.810. The van der Waals surface area contributed by atoms with E-state index in [1.807, 2.05) is 30.3 Å². The molecule has 0 bridgehead atoms. The van der Waals surface area contributed by atoms with E-state index in [2.05, 4.69) is 6.58 Å². The molecular weight excluding hydrogens is 176 g/mol. The van der Waals surface area contributed by atoms with Crippen molar-refractivity contribution in [1.82, 2.24) is 0 Å². The number of rotatable bonds is 5. The molecule has 0 spiro atoms. The maximum absolute atomic E-state index is 9.73. The summed E-state index contributed by atoms with van der Waals surface area (Å²) in [5.41, 5.74) is 0.924. The zero-order valence-corrected chi connectivity index (χ0v) is 8.44. The highest BCUT2D eigenvalue weighted by Gasteiger charge is 2.05. The fourth-order valence-corrected chi connectivity index (χ4v) is 1.27. The third-order valence-corrected chi connectivity index (χ3v) is 2.14. The lowest BCUT2D eigenvalue weighted by Crippen LogP contribution is -1.96. The maximum atomic E-state index is 9.73. The van der Waals surface area contributed by atoms with Crippen LogP contribution in [0.1, 0.15) is 24.5 Å². The molecule has 0 amide bonds. The first-order chi connectivity index (χ1) is 6.77. The molecule has 1 aromatic carbocycles. The predicted molar refractivity (Wildman–Crippen MR) is 57.4 cm³/mol. The van der Waals surface area contributed by atoms with Gasteiger partial charge in [0.1, 0.15) is 5.75 Å². The van der Waals surface area contributed by atoms with Gasteiger partial charge in [-0.1, -0.05) is 18.2 Å². The highest BCUT2D eigenvalue weighted by molar-refractivity contribution is 5.28. The summed E-state index contributed by atoms with van der Waals surface area (Å²) in [5, 5.41) is 9.73. The van der Waals surface area contributed by atoms with E-state index in [0.29, 0.717) is 0 Å². The summed E-state index contributed by atoms with van der Waals surface area (Å²) in [4.78, 5) is 0. The van der Waals surface area contributed by atoms with E-state index in [1.54, 1.807) is 7.11 Å². The minimum atomic E-state index is -0.404. The van der Waals surface area contributed by atoms with Gasteiger partial charge >= 0.3 is 0 Å². The van der Waals surface area contributed by atoms with Crippen LogP contribution < -0.4 is 4.74 Å². The van der Waals surface area contributed by atoms with Crippen LogP contribution in [0.4, 0.5) is 0 Å². The molecule has 76 valence electrons. The first-order valence-electron chi connectivity index (χ1n) is 4.71. The Kier molecular flexibility index (Phi) is 4.20. The minimum Gasteiger partial charge on any atom is -0.497 e. The number of benzene rings is 1. The van der Waals surface area contributed by atoms with E-state index in [4.69, 9.17) is 4.74 Å². The van der Waals surface area contributed by atoms with E-state index in [1.165, 1.54) is 0 Å². The highest BCUT2D eigenvalue weighted by Crippen LogP contribution is 2.20. The molecule has 0 aromatic heterocycles. The second kappa shape index (κ2) is 5.45. The Morgan fingerprint density at radius 3 is 2.57 bits per heavy atom. The van der Waals surface area contributed by atoms with Crippen molar-refractivity contribution in [3.05, 3.63) is 42.5 Å². The van der Waals surface area contributed by atoms with Gasteiger partial charge in [-0.05, 0) is 30.5 Å². The standard InChI is InChI=1S/C12H16O2/c1-3-4-5-12(13)10-6-8-11(14-2)9-7-10/h3,6-9,12-13H,1,4-5H2,2H3/t12-/m0/s1. The number of hydrogen-bond acceptors (Lipinski definition) is 2. The minimum absolute atomic E-state index is 0.404. The average Bonchev–Trinajstić information content (AvgIpc) is 2.26. The molecule has 1 aromatic rings. The van der Waals surface area contributed by atoms with Crippen LogP contribution in [0.15, 0.2) is 36.9 Å². The predicted octanol–water partition coefficient (Wildman–Crippen LogP) is 2.69. The van der Waals surface area contributed by atoms with Gasteiger partial charge in [0.05, 0.1) is 13.2 Å². The quantitative estimate of drug-likeness (QED) is 0.727. The highest BCUT2D eigenvalue weighted by atomic mass is 16.5. The Labute approximate surface area is 84.8 Å². The lowest BCUT2D eigenvalue weighted by atomic mass is 10.1. The van der Waals surface area contributed by atoms with Crippen molar-refractivity contribution in [3.63, 3.8) is 0 Å². The van der Waals surface area contributed by atoms with Gasteiger partial charge in [-0.15, -0.1) is 6.58 Å². The molecule has 1 N–H and O–H groups in total. The Morgan fingerprint density at radius 2 is 2.07 bits per heavy atom. The molecule has 14 heavy (non-hydrogen) atoms. The Morgan fingerprint density at radius 1 is 1.43 bits per heavy atom. The van der Waals surface area contributed by atoms with E-state index in [0.717, 1.165) is 24.2 Å². The normalized spacial score (nSPS) is 12.1. The number of ether oxygens (including phenoxy) is 1. The van der Waals surface area contributed by atoms with Crippen molar-refractivity contribution in [2.75, 3.05) is 7.11 Å². The molecule has 0 aliphatic heterocycles. The summed E-state index contributed by atoms with van der Waals surface area (Å²) in [6.45, 7) is 3.62. The van der Waals surface area contributed by atoms with Crippen LogP contribution in [-0.4, -0.2) is 12.2 Å². The van der Waals surface area contributed by atoms with Gasteiger partial charge in [0, 0.05) is 0 Å². The third-order valence-electron chi connectivity index (χ3n) is 2.14. The Bertz CT molecular complexity index is 277. The molecule has 0 saturated carbocycles. The summed E-state index contributed by atoms with van der Waals surface area (Å²) in [7, 11) is 1.63. The van der Waals surface area contributed by atoms with Crippen LogP contribution in [0.2, 0.25) is 0 Å². The molecule has 1 atom stereocenters.